The average molecular weight is 480 g/mol. The van der Waals surface area contributed by atoms with Gasteiger partial charge in [-0.25, -0.2) is 5.43 Å². The number of anilines is 1. The van der Waals surface area contributed by atoms with E-state index in [0.717, 1.165) is 16.7 Å². The van der Waals surface area contributed by atoms with Gasteiger partial charge in [0.15, 0.2) is 11.5 Å². The fraction of sp³-hybridized carbons (Fsp3) is 0.192. The van der Waals surface area contributed by atoms with Crippen molar-refractivity contribution in [2.24, 2.45) is 5.10 Å². The Morgan fingerprint density at radius 2 is 1.74 bits per heavy atom. The summed E-state index contributed by atoms with van der Waals surface area (Å²) in [5, 5.41) is 7.14. The summed E-state index contributed by atoms with van der Waals surface area (Å²) in [7, 11) is 0. The Balaban J connectivity index is 1.60. The molecule has 0 aromatic heterocycles. The first kappa shape index (κ1) is 24.8. The summed E-state index contributed by atoms with van der Waals surface area (Å²) in [6, 6.07) is 18.1. The van der Waals surface area contributed by atoms with E-state index in [-0.39, 0.29) is 0 Å². The standard InChI is InChI=1S/C26H26ClN3O4/c1-4-33-24-14-20(10-13-23(24)34-16-19-8-11-21(27)12-9-19)15-28-30-26(32)25(31)29-22-7-5-6-17(2)18(22)3/h5-15H,4,16H2,1-3H3,(H,29,31)(H,30,32)/b28-15-. The predicted molar refractivity (Wildman–Crippen MR) is 134 cm³/mol. The zero-order valence-electron chi connectivity index (χ0n) is 19.2. The van der Waals surface area contributed by atoms with Gasteiger partial charge < -0.3 is 14.8 Å². The van der Waals surface area contributed by atoms with Gasteiger partial charge in [0.2, 0.25) is 0 Å². The van der Waals surface area contributed by atoms with E-state index in [2.05, 4.69) is 15.8 Å². The minimum absolute atomic E-state index is 0.357. The molecule has 0 aliphatic rings. The molecule has 3 aromatic carbocycles. The summed E-state index contributed by atoms with van der Waals surface area (Å²) in [6.45, 7) is 6.49. The van der Waals surface area contributed by atoms with Gasteiger partial charge in [-0.05, 0) is 79.4 Å². The highest BCUT2D eigenvalue weighted by Crippen LogP contribution is 2.29. The van der Waals surface area contributed by atoms with Gasteiger partial charge in [-0.1, -0.05) is 35.9 Å². The first-order valence-electron chi connectivity index (χ1n) is 10.7. The molecule has 0 aliphatic carbocycles. The molecule has 0 aliphatic heterocycles. The van der Waals surface area contributed by atoms with Crippen LogP contribution in [0.2, 0.25) is 5.02 Å². The van der Waals surface area contributed by atoms with Crippen molar-refractivity contribution in [2.75, 3.05) is 11.9 Å². The first-order chi connectivity index (χ1) is 16.4. The average Bonchev–Trinajstić information content (AvgIpc) is 2.82. The molecule has 0 saturated heterocycles. The van der Waals surface area contributed by atoms with Crippen LogP contribution >= 0.6 is 11.6 Å². The molecule has 0 fully saturated rings. The second kappa shape index (κ2) is 11.9. The van der Waals surface area contributed by atoms with Crippen molar-refractivity contribution in [3.05, 3.63) is 87.9 Å². The molecular weight excluding hydrogens is 454 g/mol. The van der Waals surface area contributed by atoms with E-state index in [1.165, 1.54) is 6.21 Å². The summed E-state index contributed by atoms with van der Waals surface area (Å²) in [4.78, 5) is 24.3. The molecule has 0 spiro atoms. The van der Waals surface area contributed by atoms with Gasteiger partial charge in [0.05, 0.1) is 12.8 Å². The summed E-state index contributed by atoms with van der Waals surface area (Å²) in [6.07, 6.45) is 1.43. The lowest BCUT2D eigenvalue weighted by atomic mass is 10.1. The highest BCUT2D eigenvalue weighted by atomic mass is 35.5. The van der Waals surface area contributed by atoms with Crippen molar-refractivity contribution < 1.29 is 19.1 Å². The number of hydrazone groups is 1. The number of amides is 2. The van der Waals surface area contributed by atoms with Gasteiger partial charge in [-0.3, -0.25) is 9.59 Å². The fourth-order valence-electron chi connectivity index (χ4n) is 3.02. The van der Waals surface area contributed by atoms with E-state index in [1.807, 2.05) is 45.0 Å². The number of ether oxygens (including phenoxy) is 2. The smallest absolute Gasteiger partial charge is 0.329 e. The van der Waals surface area contributed by atoms with Gasteiger partial charge >= 0.3 is 11.8 Å². The Bertz CT molecular complexity index is 1190. The topological polar surface area (TPSA) is 89.0 Å². The van der Waals surface area contributed by atoms with Crippen LogP contribution in [0.4, 0.5) is 5.69 Å². The third-order valence-electron chi connectivity index (χ3n) is 5.01. The number of rotatable bonds is 8. The molecule has 34 heavy (non-hydrogen) atoms. The highest BCUT2D eigenvalue weighted by molar-refractivity contribution is 6.39. The molecule has 7 nitrogen and oxygen atoms in total. The van der Waals surface area contributed by atoms with E-state index in [4.69, 9.17) is 21.1 Å². The van der Waals surface area contributed by atoms with E-state index in [9.17, 15) is 9.59 Å². The molecule has 2 N–H and O–H groups in total. The number of halogens is 1. The Kier molecular flexibility index (Phi) is 8.65. The lowest BCUT2D eigenvalue weighted by Gasteiger charge is -2.12. The molecule has 8 heteroatoms. The normalized spacial score (nSPS) is 10.7. The molecule has 3 rings (SSSR count). The van der Waals surface area contributed by atoms with Crippen LogP contribution in [0, 0.1) is 13.8 Å². The van der Waals surface area contributed by atoms with Gasteiger partial charge in [0, 0.05) is 10.7 Å². The van der Waals surface area contributed by atoms with Crippen LogP contribution in [0.5, 0.6) is 11.5 Å². The maximum Gasteiger partial charge on any atom is 0.329 e. The van der Waals surface area contributed by atoms with E-state index in [1.54, 1.807) is 36.4 Å². The Morgan fingerprint density at radius 3 is 2.47 bits per heavy atom. The summed E-state index contributed by atoms with van der Waals surface area (Å²) >= 11 is 5.92. The minimum Gasteiger partial charge on any atom is -0.490 e. The maximum atomic E-state index is 12.2. The molecular formula is C26H26ClN3O4. The van der Waals surface area contributed by atoms with Crippen LogP contribution in [0.3, 0.4) is 0 Å². The molecule has 0 unspecified atom stereocenters. The van der Waals surface area contributed by atoms with Crippen LogP contribution in [-0.4, -0.2) is 24.6 Å². The van der Waals surface area contributed by atoms with E-state index < -0.39 is 11.8 Å². The number of hydrogen-bond donors (Lipinski definition) is 2. The Morgan fingerprint density at radius 1 is 0.971 bits per heavy atom. The van der Waals surface area contributed by atoms with Crippen molar-refractivity contribution in [3.8, 4) is 11.5 Å². The largest absolute Gasteiger partial charge is 0.490 e. The van der Waals surface area contributed by atoms with E-state index in [0.29, 0.717) is 41.0 Å². The van der Waals surface area contributed by atoms with Crippen LogP contribution in [-0.2, 0) is 16.2 Å². The summed E-state index contributed by atoms with van der Waals surface area (Å²) in [5.41, 5.74) is 6.37. The summed E-state index contributed by atoms with van der Waals surface area (Å²) < 4.78 is 11.6. The van der Waals surface area contributed by atoms with Crippen molar-refractivity contribution in [1.82, 2.24) is 5.43 Å². The zero-order valence-corrected chi connectivity index (χ0v) is 20.0. The SMILES string of the molecule is CCOc1cc(/C=N\NC(=O)C(=O)Nc2cccc(C)c2C)ccc1OCc1ccc(Cl)cc1. The highest BCUT2D eigenvalue weighted by Gasteiger charge is 2.14. The third kappa shape index (κ3) is 6.83. The lowest BCUT2D eigenvalue weighted by molar-refractivity contribution is -0.136. The number of benzene rings is 3. The second-order valence-corrected chi connectivity index (χ2v) is 7.89. The monoisotopic (exact) mass is 479 g/mol. The van der Waals surface area contributed by atoms with Gasteiger partial charge in [0.25, 0.3) is 0 Å². The van der Waals surface area contributed by atoms with Crippen molar-refractivity contribution in [3.63, 3.8) is 0 Å². The van der Waals surface area contributed by atoms with E-state index >= 15 is 0 Å². The molecule has 0 heterocycles. The van der Waals surface area contributed by atoms with Crippen molar-refractivity contribution in [1.29, 1.82) is 0 Å². The van der Waals surface area contributed by atoms with Gasteiger partial charge in [-0.15, -0.1) is 0 Å². The minimum atomic E-state index is -0.870. The zero-order chi connectivity index (χ0) is 24.5. The Hall–Kier alpha value is -3.84. The molecule has 2 amide bonds. The molecule has 0 atom stereocenters. The van der Waals surface area contributed by atoms with Crippen LogP contribution in [0.15, 0.2) is 65.8 Å². The molecule has 176 valence electrons. The van der Waals surface area contributed by atoms with Crippen LogP contribution in [0.1, 0.15) is 29.2 Å². The third-order valence-corrected chi connectivity index (χ3v) is 5.27. The van der Waals surface area contributed by atoms with Crippen LogP contribution < -0.4 is 20.2 Å². The maximum absolute atomic E-state index is 12.2. The van der Waals surface area contributed by atoms with Crippen molar-refractivity contribution in [2.45, 2.75) is 27.4 Å². The number of nitrogens with zero attached hydrogens (tertiary/aromatic N) is 1. The second-order valence-electron chi connectivity index (χ2n) is 7.46. The molecule has 0 radical (unpaired) electrons. The number of carbonyl (C=O) groups is 2. The Labute approximate surface area is 203 Å². The van der Waals surface area contributed by atoms with Crippen molar-refractivity contribution >= 4 is 35.3 Å². The first-order valence-corrected chi connectivity index (χ1v) is 11.1. The van der Waals surface area contributed by atoms with Gasteiger partial charge in [0.1, 0.15) is 6.61 Å². The molecule has 0 saturated carbocycles. The molecule has 3 aromatic rings. The number of carbonyl (C=O) groups excluding carboxylic acids is 2. The lowest BCUT2D eigenvalue weighted by Crippen LogP contribution is -2.32. The number of aryl methyl sites for hydroxylation is 1. The number of hydrogen-bond acceptors (Lipinski definition) is 5. The summed E-state index contributed by atoms with van der Waals surface area (Å²) in [5.74, 6) is -0.554. The van der Waals surface area contributed by atoms with Crippen LogP contribution in [0.25, 0.3) is 0 Å². The van der Waals surface area contributed by atoms with Gasteiger partial charge in [-0.2, -0.15) is 5.10 Å². The predicted octanol–water partition coefficient (Wildman–Crippen LogP) is 5.02. The molecule has 0 bridgehead atoms. The number of nitrogens with one attached hydrogen (secondary N) is 2. The quantitative estimate of drug-likeness (QED) is 0.269. The fourth-order valence-corrected chi connectivity index (χ4v) is 3.14.